The molecule has 0 radical (unpaired) electrons. The number of hydrogen-bond donors (Lipinski definition) is 1. The Morgan fingerprint density at radius 1 is 1.41 bits per heavy atom. The predicted molar refractivity (Wildman–Crippen MR) is 68.8 cm³/mol. The van der Waals surface area contributed by atoms with Crippen LogP contribution < -0.4 is 5.32 Å². The Morgan fingerprint density at radius 3 is 2.59 bits per heavy atom. The summed E-state index contributed by atoms with van der Waals surface area (Å²) in [5, 5.41) is 12.4. The molecule has 1 aliphatic heterocycles. The SMILES string of the molecule is CCN(CC)CCNC(C#N)C1CCC(C)O1. The van der Waals surface area contributed by atoms with Gasteiger partial charge >= 0.3 is 0 Å². The van der Waals surface area contributed by atoms with Crippen LogP contribution in [0.15, 0.2) is 0 Å². The molecule has 1 saturated heterocycles. The molecule has 0 aliphatic carbocycles. The third-order valence-corrected chi connectivity index (χ3v) is 3.46. The van der Waals surface area contributed by atoms with Crippen molar-refractivity contribution in [1.29, 1.82) is 5.26 Å². The summed E-state index contributed by atoms with van der Waals surface area (Å²) in [5.41, 5.74) is 0. The minimum atomic E-state index is -0.157. The van der Waals surface area contributed by atoms with Crippen molar-refractivity contribution in [1.82, 2.24) is 10.2 Å². The minimum absolute atomic E-state index is 0.0757. The molecule has 0 spiro atoms. The number of rotatable bonds is 7. The standard InChI is InChI=1S/C13H25N3O/c1-4-16(5-2)9-8-15-12(10-14)13-7-6-11(3)17-13/h11-13,15H,4-9H2,1-3H3. The molecule has 1 heterocycles. The molecule has 0 aromatic heterocycles. The maximum atomic E-state index is 9.15. The normalized spacial score (nSPS) is 26.1. The molecule has 0 amide bonds. The van der Waals surface area contributed by atoms with Crippen molar-refractivity contribution in [3.05, 3.63) is 0 Å². The molecule has 3 atom stereocenters. The first kappa shape index (κ1) is 14.4. The van der Waals surface area contributed by atoms with Gasteiger partial charge in [0.05, 0.1) is 18.3 Å². The molecule has 0 saturated carbocycles. The van der Waals surface area contributed by atoms with Crippen molar-refractivity contribution >= 4 is 0 Å². The fourth-order valence-corrected chi connectivity index (χ4v) is 2.26. The van der Waals surface area contributed by atoms with Gasteiger partial charge in [0.15, 0.2) is 0 Å². The lowest BCUT2D eigenvalue weighted by molar-refractivity contribution is 0.0428. The number of nitriles is 1. The Bertz CT molecular complexity index is 248. The van der Waals surface area contributed by atoms with Crippen molar-refractivity contribution in [2.24, 2.45) is 0 Å². The summed E-state index contributed by atoms with van der Waals surface area (Å²) >= 11 is 0. The topological polar surface area (TPSA) is 48.3 Å². The largest absolute Gasteiger partial charge is 0.373 e. The van der Waals surface area contributed by atoms with E-state index in [4.69, 9.17) is 10.00 Å². The minimum Gasteiger partial charge on any atom is -0.373 e. The molecule has 98 valence electrons. The number of nitrogens with zero attached hydrogens (tertiary/aromatic N) is 2. The van der Waals surface area contributed by atoms with Gasteiger partial charge in [-0.3, -0.25) is 5.32 Å². The molecule has 0 bridgehead atoms. The van der Waals surface area contributed by atoms with Crippen LogP contribution in [0.3, 0.4) is 0 Å². The summed E-state index contributed by atoms with van der Waals surface area (Å²) in [5.74, 6) is 0. The third kappa shape index (κ3) is 4.63. The summed E-state index contributed by atoms with van der Waals surface area (Å²) in [6, 6.07) is 2.16. The Kier molecular flexibility index (Phi) is 6.49. The maximum absolute atomic E-state index is 9.15. The van der Waals surface area contributed by atoms with Crippen molar-refractivity contribution in [2.45, 2.75) is 51.9 Å². The molecule has 4 heteroatoms. The summed E-state index contributed by atoms with van der Waals surface area (Å²) in [7, 11) is 0. The first-order valence-corrected chi connectivity index (χ1v) is 6.72. The third-order valence-electron chi connectivity index (χ3n) is 3.46. The van der Waals surface area contributed by atoms with Crippen LogP contribution in [0.2, 0.25) is 0 Å². The molecule has 3 unspecified atom stereocenters. The van der Waals surface area contributed by atoms with Gasteiger partial charge in [0.25, 0.3) is 0 Å². The zero-order valence-corrected chi connectivity index (χ0v) is 11.3. The lowest BCUT2D eigenvalue weighted by atomic mass is 10.1. The molecule has 1 aliphatic rings. The van der Waals surface area contributed by atoms with E-state index in [2.05, 4.69) is 37.1 Å². The fraction of sp³-hybridized carbons (Fsp3) is 0.923. The monoisotopic (exact) mass is 239 g/mol. The van der Waals surface area contributed by atoms with Gasteiger partial charge < -0.3 is 9.64 Å². The van der Waals surface area contributed by atoms with Gasteiger partial charge in [-0.15, -0.1) is 0 Å². The number of nitrogens with one attached hydrogen (secondary N) is 1. The predicted octanol–water partition coefficient (Wildman–Crippen LogP) is 1.38. The molecule has 1 rings (SSSR count). The molecular weight excluding hydrogens is 214 g/mol. The highest BCUT2D eigenvalue weighted by Gasteiger charge is 2.29. The summed E-state index contributed by atoms with van der Waals surface area (Å²) in [6.45, 7) is 10.4. The molecule has 0 aromatic rings. The van der Waals surface area contributed by atoms with Gasteiger partial charge in [0.1, 0.15) is 6.04 Å². The average Bonchev–Trinajstić information content (AvgIpc) is 2.76. The summed E-state index contributed by atoms with van der Waals surface area (Å²) in [4.78, 5) is 2.35. The van der Waals surface area contributed by atoms with E-state index in [0.717, 1.165) is 39.0 Å². The van der Waals surface area contributed by atoms with Gasteiger partial charge in [-0.1, -0.05) is 13.8 Å². The molecule has 0 aromatic carbocycles. The average molecular weight is 239 g/mol. The first-order valence-electron chi connectivity index (χ1n) is 6.72. The van der Waals surface area contributed by atoms with Crippen LogP contribution >= 0.6 is 0 Å². The van der Waals surface area contributed by atoms with E-state index in [1.807, 2.05) is 0 Å². The van der Waals surface area contributed by atoms with Crippen LogP contribution in [0.1, 0.15) is 33.6 Å². The van der Waals surface area contributed by atoms with E-state index in [1.54, 1.807) is 0 Å². The number of hydrogen-bond acceptors (Lipinski definition) is 4. The van der Waals surface area contributed by atoms with E-state index in [9.17, 15) is 0 Å². The van der Waals surface area contributed by atoms with E-state index in [0.29, 0.717) is 6.10 Å². The maximum Gasteiger partial charge on any atom is 0.122 e. The number of ether oxygens (including phenoxy) is 1. The lowest BCUT2D eigenvalue weighted by Gasteiger charge is -2.22. The van der Waals surface area contributed by atoms with E-state index >= 15 is 0 Å². The van der Waals surface area contributed by atoms with Crippen LogP contribution in [0.25, 0.3) is 0 Å². The van der Waals surface area contributed by atoms with E-state index in [-0.39, 0.29) is 12.1 Å². The van der Waals surface area contributed by atoms with Crippen LogP contribution in [-0.4, -0.2) is 49.3 Å². The van der Waals surface area contributed by atoms with Crippen LogP contribution in [0.4, 0.5) is 0 Å². The quantitative estimate of drug-likeness (QED) is 0.729. The Balaban J connectivity index is 2.26. The highest BCUT2D eigenvalue weighted by Crippen LogP contribution is 2.21. The van der Waals surface area contributed by atoms with E-state index in [1.165, 1.54) is 0 Å². The molecule has 1 fully saturated rings. The molecular formula is C13H25N3O. The highest BCUT2D eigenvalue weighted by molar-refractivity contribution is 4.98. The van der Waals surface area contributed by atoms with Crippen molar-refractivity contribution in [3.8, 4) is 6.07 Å². The zero-order valence-electron chi connectivity index (χ0n) is 11.3. The van der Waals surface area contributed by atoms with Crippen LogP contribution in [-0.2, 0) is 4.74 Å². The molecule has 4 nitrogen and oxygen atoms in total. The Hall–Kier alpha value is -0.630. The lowest BCUT2D eigenvalue weighted by Crippen LogP contribution is -2.42. The van der Waals surface area contributed by atoms with Crippen LogP contribution in [0.5, 0.6) is 0 Å². The van der Waals surface area contributed by atoms with Crippen molar-refractivity contribution in [3.63, 3.8) is 0 Å². The highest BCUT2D eigenvalue weighted by atomic mass is 16.5. The zero-order chi connectivity index (χ0) is 12.7. The van der Waals surface area contributed by atoms with Gasteiger partial charge in [-0.25, -0.2) is 0 Å². The van der Waals surface area contributed by atoms with Crippen LogP contribution in [0, 0.1) is 11.3 Å². The van der Waals surface area contributed by atoms with Crippen molar-refractivity contribution < 1.29 is 4.74 Å². The summed E-state index contributed by atoms with van der Waals surface area (Å²) < 4.78 is 5.73. The fourth-order valence-electron chi connectivity index (χ4n) is 2.26. The smallest absolute Gasteiger partial charge is 0.122 e. The van der Waals surface area contributed by atoms with Crippen molar-refractivity contribution in [2.75, 3.05) is 26.2 Å². The van der Waals surface area contributed by atoms with E-state index < -0.39 is 0 Å². The second-order valence-corrected chi connectivity index (χ2v) is 4.65. The van der Waals surface area contributed by atoms with Gasteiger partial charge in [0, 0.05) is 13.1 Å². The molecule has 1 N–H and O–H groups in total. The Morgan fingerprint density at radius 2 is 2.12 bits per heavy atom. The second kappa shape index (κ2) is 7.65. The van der Waals surface area contributed by atoms with Gasteiger partial charge in [0.2, 0.25) is 0 Å². The molecule has 17 heavy (non-hydrogen) atoms. The Labute approximate surface area is 105 Å². The summed E-state index contributed by atoms with van der Waals surface area (Å²) in [6.07, 6.45) is 2.45. The van der Waals surface area contributed by atoms with Gasteiger partial charge in [-0.2, -0.15) is 5.26 Å². The first-order chi connectivity index (χ1) is 8.21. The number of likely N-dealkylation sites (N-methyl/N-ethyl adjacent to an activating group) is 1. The second-order valence-electron chi connectivity index (χ2n) is 4.65. The van der Waals surface area contributed by atoms with Gasteiger partial charge in [-0.05, 0) is 32.9 Å².